The zero-order valence-electron chi connectivity index (χ0n) is 8.19. The molecule has 2 rings (SSSR count). The molecule has 0 bridgehead atoms. The second kappa shape index (κ2) is 5.58. The summed E-state index contributed by atoms with van der Waals surface area (Å²) in [7, 11) is 0. The SMILES string of the molecule is Cl.O=C1N[C@H](C(=O)N2CCNCC2)CS1. The Morgan fingerprint density at radius 3 is 2.60 bits per heavy atom. The third-order valence-electron chi connectivity index (χ3n) is 2.40. The van der Waals surface area contributed by atoms with Gasteiger partial charge in [-0.1, -0.05) is 11.8 Å². The molecular formula is C8H14ClN3O2S. The monoisotopic (exact) mass is 251 g/mol. The van der Waals surface area contributed by atoms with Gasteiger partial charge in [-0.15, -0.1) is 12.4 Å². The van der Waals surface area contributed by atoms with Crippen LogP contribution in [-0.2, 0) is 4.79 Å². The second-order valence-corrected chi connectivity index (χ2v) is 4.36. The lowest BCUT2D eigenvalue weighted by Gasteiger charge is -2.29. The summed E-state index contributed by atoms with van der Waals surface area (Å²) in [6.45, 7) is 3.19. The van der Waals surface area contributed by atoms with E-state index in [1.54, 1.807) is 0 Å². The fourth-order valence-electron chi connectivity index (χ4n) is 1.62. The quantitative estimate of drug-likeness (QED) is 0.670. The van der Waals surface area contributed by atoms with E-state index in [1.807, 2.05) is 4.90 Å². The van der Waals surface area contributed by atoms with E-state index in [1.165, 1.54) is 11.8 Å². The van der Waals surface area contributed by atoms with E-state index >= 15 is 0 Å². The Bertz CT molecular complexity index is 258. The number of rotatable bonds is 1. The first-order chi connectivity index (χ1) is 6.77. The van der Waals surface area contributed by atoms with E-state index in [9.17, 15) is 9.59 Å². The van der Waals surface area contributed by atoms with E-state index in [0.29, 0.717) is 5.75 Å². The predicted molar refractivity (Wildman–Crippen MR) is 61.5 cm³/mol. The van der Waals surface area contributed by atoms with Crippen molar-refractivity contribution in [3.8, 4) is 0 Å². The average molecular weight is 252 g/mol. The lowest BCUT2D eigenvalue weighted by Crippen LogP contribution is -2.52. The van der Waals surface area contributed by atoms with Gasteiger partial charge in [0.15, 0.2) is 0 Å². The Labute approximate surface area is 98.7 Å². The summed E-state index contributed by atoms with van der Waals surface area (Å²) in [6, 6.07) is -0.300. The normalized spacial score (nSPS) is 25.7. The van der Waals surface area contributed by atoms with Gasteiger partial charge in [-0.05, 0) is 0 Å². The second-order valence-electron chi connectivity index (χ2n) is 3.37. The summed E-state index contributed by atoms with van der Waals surface area (Å²) < 4.78 is 0. The van der Waals surface area contributed by atoms with Gasteiger partial charge in [-0.25, -0.2) is 0 Å². The van der Waals surface area contributed by atoms with E-state index < -0.39 is 0 Å². The minimum Gasteiger partial charge on any atom is -0.338 e. The first kappa shape index (κ1) is 12.6. The fraction of sp³-hybridized carbons (Fsp3) is 0.750. The van der Waals surface area contributed by atoms with Crippen LogP contribution in [-0.4, -0.2) is 54.0 Å². The van der Waals surface area contributed by atoms with Crippen molar-refractivity contribution in [2.75, 3.05) is 31.9 Å². The summed E-state index contributed by atoms with van der Waals surface area (Å²) in [5, 5.41) is 5.76. The van der Waals surface area contributed by atoms with Crippen LogP contribution >= 0.6 is 24.2 Å². The van der Waals surface area contributed by atoms with Crippen LogP contribution in [0.2, 0.25) is 0 Å². The Hall–Kier alpha value is -0.460. The topological polar surface area (TPSA) is 61.4 Å². The average Bonchev–Trinajstić information content (AvgIpc) is 2.65. The summed E-state index contributed by atoms with van der Waals surface area (Å²) in [5.41, 5.74) is 0. The fourth-order valence-corrected chi connectivity index (χ4v) is 2.39. The number of nitrogens with zero attached hydrogens (tertiary/aromatic N) is 1. The van der Waals surface area contributed by atoms with Crippen LogP contribution < -0.4 is 10.6 Å². The summed E-state index contributed by atoms with van der Waals surface area (Å²) in [5.74, 6) is 0.631. The molecule has 0 radical (unpaired) electrons. The van der Waals surface area contributed by atoms with Crippen LogP contribution in [0, 0.1) is 0 Å². The highest BCUT2D eigenvalue weighted by atomic mass is 35.5. The number of carbonyl (C=O) groups is 2. The van der Waals surface area contributed by atoms with E-state index in [4.69, 9.17) is 0 Å². The van der Waals surface area contributed by atoms with Crippen LogP contribution in [0.1, 0.15) is 0 Å². The Balaban J connectivity index is 0.00000112. The molecule has 5 nitrogen and oxygen atoms in total. The van der Waals surface area contributed by atoms with Crippen molar-refractivity contribution in [1.82, 2.24) is 15.5 Å². The standard InChI is InChI=1S/C8H13N3O2S.ClH/c12-7(6-5-14-8(13)10-6)11-3-1-9-2-4-11;/h6,9H,1-5H2,(H,10,13);1H/t6-;/m0./s1. The van der Waals surface area contributed by atoms with E-state index in [-0.39, 0.29) is 29.6 Å². The van der Waals surface area contributed by atoms with Crippen molar-refractivity contribution < 1.29 is 9.59 Å². The van der Waals surface area contributed by atoms with Crippen molar-refractivity contribution in [3.63, 3.8) is 0 Å². The molecule has 0 aromatic heterocycles. The first-order valence-electron chi connectivity index (χ1n) is 4.70. The van der Waals surface area contributed by atoms with Gasteiger partial charge in [-0.2, -0.15) is 0 Å². The van der Waals surface area contributed by atoms with Gasteiger partial charge in [0, 0.05) is 31.9 Å². The number of carbonyl (C=O) groups excluding carboxylic acids is 2. The van der Waals surface area contributed by atoms with Crippen LogP contribution in [0.5, 0.6) is 0 Å². The summed E-state index contributed by atoms with van der Waals surface area (Å²) >= 11 is 1.18. The number of hydrogen-bond acceptors (Lipinski definition) is 4. The molecule has 0 aromatic carbocycles. The molecule has 1 atom stereocenters. The maximum atomic E-state index is 11.8. The molecule has 2 N–H and O–H groups in total. The third kappa shape index (κ3) is 2.99. The van der Waals surface area contributed by atoms with Crippen LogP contribution in [0.4, 0.5) is 4.79 Å². The molecule has 2 aliphatic rings. The number of amides is 2. The largest absolute Gasteiger partial charge is 0.338 e. The highest BCUT2D eigenvalue weighted by molar-refractivity contribution is 8.14. The Morgan fingerprint density at radius 1 is 1.40 bits per heavy atom. The Kier molecular flexibility index (Phi) is 4.69. The number of hydrogen-bond donors (Lipinski definition) is 2. The molecule has 2 fully saturated rings. The van der Waals surface area contributed by atoms with Gasteiger partial charge in [0.25, 0.3) is 5.24 Å². The lowest BCUT2D eigenvalue weighted by atomic mass is 10.2. The number of thioether (sulfide) groups is 1. The highest BCUT2D eigenvalue weighted by Gasteiger charge is 2.31. The molecule has 0 spiro atoms. The van der Waals surface area contributed by atoms with E-state index in [0.717, 1.165) is 26.2 Å². The van der Waals surface area contributed by atoms with Crippen molar-refractivity contribution in [3.05, 3.63) is 0 Å². The van der Waals surface area contributed by atoms with Gasteiger partial charge in [0.2, 0.25) is 5.91 Å². The van der Waals surface area contributed by atoms with Crippen LogP contribution in [0.3, 0.4) is 0 Å². The predicted octanol–water partition coefficient (Wildman–Crippen LogP) is -0.335. The minimum absolute atomic E-state index is 0. The van der Waals surface area contributed by atoms with Gasteiger partial charge < -0.3 is 15.5 Å². The van der Waals surface area contributed by atoms with Crippen LogP contribution in [0.25, 0.3) is 0 Å². The molecule has 0 aliphatic carbocycles. The summed E-state index contributed by atoms with van der Waals surface area (Å²) in [6.07, 6.45) is 0. The lowest BCUT2D eigenvalue weighted by molar-refractivity contribution is -0.133. The first-order valence-corrected chi connectivity index (χ1v) is 5.69. The Morgan fingerprint density at radius 2 is 2.07 bits per heavy atom. The number of piperazine rings is 1. The molecule has 0 aromatic rings. The van der Waals surface area contributed by atoms with Gasteiger partial charge in [0.05, 0.1) is 0 Å². The van der Waals surface area contributed by atoms with Crippen molar-refractivity contribution in [2.45, 2.75) is 6.04 Å². The minimum atomic E-state index is -0.300. The molecule has 0 unspecified atom stereocenters. The molecular weight excluding hydrogens is 238 g/mol. The maximum Gasteiger partial charge on any atom is 0.279 e. The summed E-state index contributed by atoms with van der Waals surface area (Å²) in [4.78, 5) is 24.5. The smallest absolute Gasteiger partial charge is 0.279 e. The number of halogens is 1. The number of nitrogens with one attached hydrogen (secondary N) is 2. The molecule has 7 heteroatoms. The molecule has 2 heterocycles. The van der Waals surface area contributed by atoms with Crippen LogP contribution in [0.15, 0.2) is 0 Å². The maximum absolute atomic E-state index is 11.8. The molecule has 86 valence electrons. The van der Waals surface area contributed by atoms with Crippen molar-refractivity contribution in [2.24, 2.45) is 0 Å². The van der Waals surface area contributed by atoms with E-state index in [2.05, 4.69) is 10.6 Å². The molecule has 15 heavy (non-hydrogen) atoms. The molecule has 2 amide bonds. The van der Waals surface area contributed by atoms with Gasteiger partial charge >= 0.3 is 0 Å². The van der Waals surface area contributed by atoms with Crippen molar-refractivity contribution >= 4 is 35.3 Å². The zero-order chi connectivity index (χ0) is 9.97. The van der Waals surface area contributed by atoms with Gasteiger partial charge in [0.1, 0.15) is 6.04 Å². The molecule has 0 saturated carbocycles. The molecule has 2 aliphatic heterocycles. The third-order valence-corrected chi connectivity index (χ3v) is 3.28. The van der Waals surface area contributed by atoms with Crippen molar-refractivity contribution in [1.29, 1.82) is 0 Å². The molecule has 2 saturated heterocycles. The van der Waals surface area contributed by atoms with Gasteiger partial charge in [-0.3, -0.25) is 9.59 Å². The highest BCUT2D eigenvalue weighted by Crippen LogP contribution is 2.14. The zero-order valence-corrected chi connectivity index (χ0v) is 9.83.